The molecule has 11 nitrogen and oxygen atoms in total. The van der Waals surface area contributed by atoms with Gasteiger partial charge in [-0.1, -0.05) is 54.6 Å². The standard InChI is InChI=1S/C42H40F3N7O4S2/c1-2-56-31-24-30(26-46-27-31)35-14-12-29(34-10-6-7-11-36(34)35)28-51-19-21-52(22-20-51)40-17-16-39(48-49-40)41(53)50-58(54,55)33-13-15-38(37(25-33)42(43,44)45)47-18-23-57-32-8-4-3-5-9-32/h3-17,24-27,47H,2,18-23,28H2,1H3,(H,50,53). The van der Waals surface area contributed by atoms with Crippen molar-refractivity contribution in [3.05, 3.63) is 132 Å². The fraction of sp³-hybridized carbons (Fsp3) is 0.238. The van der Waals surface area contributed by atoms with E-state index in [1.54, 1.807) is 12.3 Å². The summed E-state index contributed by atoms with van der Waals surface area (Å²) in [5.74, 6) is 0.597. The molecule has 300 valence electrons. The van der Waals surface area contributed by atoms with Crippen LogP contribution in [-0.4, -0.2) is 79.5 Å². The van der Waals surface area contributed by atoms with Crippen molar-refractivity contribution in [3.8, 4) is 16.9 Å². The Hall–Kier alpha value is -5.71. The summed E-state index contributed by atoms with van der Waals surface area (Å²) >= 11 is 1.47. The fourth-order valence-corrected chi connectivity index (χ4v) is 8.51. The lowest BCUT2D eigenvalue weighted by Crippen LogP contribution is -2.46. The first-order chi connectivity index (χ1) is 28.0. The van der Waals surface area contributed by atoms with Gasteiger partial charge in [-0.3, -0.25) is 14.7 Å². The van der Waals surface area contributed by atoms with Crippen molar-refractivity contribution < 1.29 is 31.1 Å². The van der Waals surface area contributed by atoms with Crippen LogP contribution in [0.2, 0.25) is 0 Å². The van der Waals surface area contributed by atoms with E-state index in [0.717, 1.165) is 64.3 Å². The van der Waals surface area contributed by atoms with Crippen LogP contribution in [0.25, 0.3) is 21.9 Å². The average molecular weight is 828 g/mol. The molecule has 0 aliphatic carbocycles. The quantitative estimate of drug-likeness (QED) is 0.0826. The Morgan fingerprint density at radius 3 is 2.34 bits per heavy atom. The van der Waals surface area contributed by atoms with Gasteiger partial charge in [-0.25, -0.2) is 13.1 Å². The third kappa shape index (κ3) is 9.69. The molecule has 1 saturated heterocycles. The number of fused-ring (bicyclic) bond motifs is 1. The molecule has 0 spiro atoms. The molecule has 0 bridgehead atoms. The lowest BCUT2D eigenvalue weighted by molar-refractivity contribution is -0.137. The van der Waals surface area contributed by atoms with Crippen LogP contribution in [0.15, 0.2) is 125 Å². The monoisotopic (exact) mass is 827 g/mol. The number of nitrogens with one attached hydrogen (secondary N) is 2. The largest absolute Gasteiger partial charge is 0.492 e. The summed E-state index contributed by atoms with van der Waals surface area (Å²) in [7, 11) is -4.69. The molecule has 2 N–H and O–H groups in total. The van der Waals surface area contributed by atoms with Gasteiger partial charge in [0.25, 0.3) is 15.9 Å². The van der Waals surface area contributed by atoms with Gasteiger partial charge in [-0.05, 0) is 77.4 Å². The Morgan fingerprint density at radius 1 is 0.862 bits per heavy atom. The Balaban J connectivity index is 0.949. The highest BCUT2D eigenvalue weighted by Gasteiger charge is 2.35. The first-order valence-electron chi connectivity index (χ1n) is 18.6. The second-order valence-electron chi connectivity index (χ2n) is 13.4. The van der Waals surface area contributed by atoms with Gasteiger partial charge in [0.15, 0.2) is 11.5 Å². The third-order valence-corrected chi connectivity index (χ3v) is 11.9. The highest BCUT2D eigenvalue weighted by atomic mass is 32.2. The third-order valence-electron chi connectivity index (χ3n) is 9.59. The molecule has 2 aromatic heterocycles. The van der Waals surface area contributed by atoms with E-state index in [-0.39, 0.29) is 17.9 Å². The molecule has 0 atom stereocenters. The normalized spacial score (nSPS) is 13.7. The molecule has 16 heteroatoms. The van der Waals surface area contributed by atoms with Crippen LogP contribution in [0.5, 0.6) is 5.75 Å². The summed E-state index contributed by atoms with van der Waals surface area (Å²) in [6.07, 6.45) is -1.30. The highest BCUT2D eigenvalue weighted by molar-refractivity contribution is 7.99. The zero-order valence-corrected chi connectivity index (χ0v) is 33.1. The van der Waals surface area contributed by atoms with Crippen molar-refractivity contribution >= 4 is 50.0 Å². The van der Waals surface area contributed by atoms with E-state index >= 15 is 0 Å². The van der Waals surface area contributed by atoms with Crippen LogP contribution >= 0.6 is 11.8 Å². The maximum absolute atomic E-state index is 14.0. The lowest BCUT2D eigenvalue weighted by Gasteiger charge is -2.35. The van der Waals surface area contributed by atoms with Crippen LogP contribution in [0.3, 0.4) is 0 Å². The Bertz CT molecular complexity index is 2480. The number of benzene rings is 4. The van der Waals surface area contributed by atoms with Crippen LogP contribution in [-0.2, 0) is 22.7 Å². The van der Waals surface area contributed by atoms with E-state index in [4.69, 9.17) is 4.74 Å². The Labute approximate surface area is 338 Å². The van der Waals surface area contributed by atoms with Gasteiger partial charge in [0.05, 0.1) is 23.3 Å². The molecule has 1 aliphatic heterocycles. The van der Waals surface area contributed by atoms with Crippen LogP contribution < -0.4 is 19.7 Å². The van der Waals surface area contributed by atoms with E-state index in [0.29, 0.717) is 37.3 Å². The molecule has 0 radical (unpaired) electrons. The topological polar surface area (TPSA) is 130 Å². The zero-order chi connectivity index (χ0) is 40.7. The van der Waals surface area contributed by atoms with E-state index in [9.17, 15) is 26.4 Å². The molecule has 0 unspecified atom stereocenters. The number of nitrogens with zero attached hydrogens (tertiary/aromatic N) is 5. The molecule has 7 rings (SSSR count). The summed E-state index contributed by atoms with van der Waals surface area (Å²) in [4.78, 5) is 22.0. The predicted molar refractivity (Wildman–Crippen MR) is 220 cm³/mol. The van der Waals surface area contributed by atoms with Crippen molar-refractivity contribution in [2.24, 2.45) is 0 Å². The van der Waals surface area contributed by atoms with E-state index in [2.05, 4.69) is 49.7 Å². The Kier molecular flexibility index (Phi) is 12.4. The minimum atomic E-state index is -4.85. The number of carbonyl (C=O) groups is 1. The summed E-state index contributed by atoms with van der Waals surface area (Å²) in [5.41, 5.74) is 1.52. The summed E-state index contributed by atoms with van der Waals surface area (Å²) in [5, 5.41) is 13.2. The number of ether oxygens (including phenoxy) is 1. The van der Waals surface area contributed by atoms with Crippen LogP contribution in [0.4, 0.5) is 24.7 Å². The molecule has 58 heavy (non-hydrogen) atoms. The minimum absolute atomic E-state index is 0.201. The maximum atomic E-state index is 14.0. The fourth-order valence-electron chi connectivity index (χ4n) is 6.74. The smallest absolute Gasteiger partial charge is 0.418 e. The van der Waals surface area contributed by atoms with E-state index < -0.39 is 32.6 Å². The van der Waals surface area contributed by atoms with Crippen molar-refractivity contribution in [1.29, 1.82) is 0 Å². The predicted octanol–water partition coefficient (Wildman–Crippen LogP) is 7.75. The second-order valence-corrected chi connectivity index (χ2v) is 16.3. The number of alkyl halides is 3. The van der Waals surface area contributed by atoms with Gasteiger partial charge in [0, 0.05) is 67.4 Å². The van der Waals surface area contributed by atoms with Gasteiger partial charge in [0.2, 0.25) is 0 Å². The molecular weight excluding hydrogens is 788 g/mol. The van der Waals surface area contributed by atoms with Gasteiger partial charge in [-0.15, -0.1) is 22.0 Å². The second kappa shape index (κ2) is 17.8. The maximum Gasteiger partial charge on any atom is 0.418 e. The zero-order valence-electron chi connectivity index (χ0n) is 31.4. The molecule has 3 heterocycles. The molecule has 0 saturated carbocycles. The highest BCUT2D eigenvalue weighted by Crippen LogP contribution is 2.37. The molecular formula is C42H40F3N7O4S2. The first-order valence-corrected chi connectivity index (χ1v) is 21.1. The molecule has 1 amide bonds. The van der Waals surface area contributed by atoms with Crippen LogP contribution in [0.1, 0.15) is 28.5 Å². The number of carbonyl (C=O) groups excluding carboxylic acids is 1. The number of hydrogen-bond donors (Lipinski definition) is 2. The number of pyridine rings is 1. The number of thioether (sulfide) groups is 1. The summed E-state index contributed by atoms with van der Waals surface area (Å²) in [6, 6.07) is 29.5. The number of amides is 1. The van der Waals surface area contributed by atoms with Gasteiger partial charge >= 0.3 is 6.18 Å². The first kappa shape index (κ1) is 40.5. The number of rotatable bonds is 14. The summed E-state index contributed by atoms with van der Waals surface area (Å²) in [6.45, 7) is 6.19. The SMILES string of the molecule is CCOc1cncc(-c2ccc(CN3CCN(c4ccc(C(=O)NS(=O)(=O)c5ccc(NCCSc6ccccc6)c(C(F)(F)F)c5)nn4)CC3)c3ccccc23)c1. The van der Waals surface area contributed by atoms with Gasteiger partial charge in [0.1, 0.15) is 5.75 Å². The number of piperazine rings is 1. The number of sulfonamides is 1. The van der Waals surface area contributed by atoms with Crippen LogP contribution in [0, 0.1) is 0 Å². The molecule has 6 aromatic rings. The summed E-state index contributed by atoms with van der Waals surface area (Å²) < 4.78 is 75.8. The molecule has 4 aromatic carbocycles. The number of aromatic nitrogens is 3. The van der Waals surface area contributed by atoms with E-state index in [1.165, 1.54) is 23.4 Å². The average Bonchev–Trinajstić information content (AvgIpc) is 3.23. The number of hydrogen-bond acceptors (Lipinski definition) is 11. The van der Waals surface area contributed by atoms with E-state index in [1.807, 2.05) is 71.3 Å². The minimum Gasteiger partial charge on any atom is -0.492 e. The Morgan fingerprint density at radius 2 is 1.62 bits per heavy atom. The molecule has 1 aliphatic rings. The lowest BCUT2D eigenvalue weighted by atomic mass is 9.95. The van der Waals surface area contributed by atoms with Gasteiger partial charge in [-0.2, -0.15) is 13.2 Å². The van der Waals surface area contributed by atoms with Crippen molar-refractivity contribution in [2.75, 3.05) is 55.3 Å². The number of anilines is 2. The van der Waals surface area contributed by atoms with Crippen molar-refractivity contribution in [3.63, 3.8) is 0 Å². The van der Waals surface area contributed by atoms with Crippen molar-refractivity contribution in [1.82, 2.24) is 24.8 Å². The molecule has 1 fully saturated rings. The number of halogens is 3. The van der Waals surface area contributed by atoms with Crippen molar-refractivity contribution in [2.45, 2.75) is 29.4 Å². The van der Waals surface area contributed by atoms with Gasteiger partial charge < -0.3 is 15.0 Å².